The zero-order valence-electron chi connectivity index (χ0n) is 15.8. The van der Waals surface area contributed by atoms with E-state index in [1.54, 1.807) is 19.2 Å². The molecule has 0 amide bonds. The molecule has 1 aromatic heterocycles. The second-order valence-electron chi connectivity index (χ2n) is 7.06. The molecule has 0 radical (unpaired) electrons. The highest BCUT2D eigenvalue weighted by atomic mass is 35.5. The molecule has 0 spiro atoms. The summed E-state index contributed by atoms with van der Waals surface area (Å²) in [5, 5.41) is 3.87. The first-order valence-electron chi connectivity index (χ1n) is 9.37. The van der Waals surface area contributed by atoms with Gasteiger partial charge in [0.25, 0.3) is 0 Å². The third kappa shape index (κ3) is 3.13. The third-order valence-electron chi connectivity index (χ3n) is 5.22. The van der Waals surface area contributed by atoms with Crippen LogP contribution in [0.3, 0.4) is 0 Å². The molecule has 29 heavy (non-hydrogen) atoms. The number of ether oxygens (including phenoxy) is 1. The van der Waals surface area contributed by atoms with Crippen molar-refractivity contribution >= 4 is 34.5 Å². The van der Waals surface area contributed by atoms with E-state index < -0.39 is 6.17 Å². The minimum Gasteiger partial charge on any atom is -0.383 e. The molecule has 0 fully saturated rings. The second-order valence-corrected chi connectivity index (χ2v) is 7.50. The Morgan fingerprint density at radius 2 is 2.14 bits per heavy atom. The van der Waals surface area contributed by atoms with Crippen molar-refractivity contribution in [1.29, 1.82) is 0 Å². The number of imidazole rings is 1. The van der Waals surface area contributed by atoms with Crippen LogP contribution >= 0.6 is 11.6 Å². The minimum absolute atomic E-state index is 0.331. The first kappa shape index (κ1) is 18.4. The van der Waals surface area contributed by atoms with Gasteiger partial charge in [0.1, 0.15) is 12.0 Å². The lowest BCUT2D eigenvalue weighted by atomic mass is 10.1. The van der Waals surface area contributed by atoms with Gasteiger partial charge in [0.2, 0.25) is 11.9 Å². The highest BCUT2D eigenvalue weighted by Gasteiger charge is 2.36. The molecule has 9 heteroatoms. The molecule has 0 bridgehead atoms. The number of nitrogens with one attached hydrogen (secondary N) is 1. The smallest absolute Gasteiger partial charge is 0.216 e. The molecule has 5 rings (SSSR count). The van der Waals surface area contributed by atoms with Crippen molar-refractivity contribution < 1.29 is 9.13 Å². The van der Waals surface area contributed by atoms with E-state index in [1.807, 2.05) is 33.7 Å². The number of aliphatic imine (C=N–C) groups is 1. The molecule has 2 aliphatic heterocycles. The zero-order chi connectivity index (χ0) is 20.0. The van der Waals surface area contributed by atoms with E-state index in [-0.39, 0.29) is 5.82 Å². The van der Waals surface area contributed by atoms with E-state index >= 15 is 0 Å². The number of benzene rings is 2. The Morgan fingerprint density at radius 1 is 1.28 bits per heavy atom. The maximum absolute atomic E-state index is 14.8. The molecular formula is C20H20ClFN6O. The van der Waals surface area contributed by atoms with Gasteiger partial charge in [0.15, 0.2) is 0 Å². The molecule has 150 valence electrons. The lowest BCUT2D eigenvalue weighted by Gasteiger charge is -2.41. The number of fused-ring (bicyclic) bond motifs is 5. The molecule has 0 aliphatic carbocycles. The number of rotatable bonds is 4. The number of hydrogen-bond donors (Lipinski definition) is 1. The predicted octanol–water partition coefficient (Wildman–Crippen LogP) is 3.02. The standard InChI is InChI=1S/C20H20ClFN6O/c1-29-9-8-26-11-23-19-25-18(14-10-13(21)6-7-15(14)22)28-17-5-3-2-4-16(17)24-20(28)27(19)12-26/h2-7,10,18H,8-9,11-12H2,1H3,(H,23,25)/t18-/m1/s1. The number of anilines is 1. The van der Waals surface area contributed by atoms with Gasteiger partial charge in [-0.3, -0.25) is 14.4 Å². The fraction of sp³-hybridized carbons (Fsp3) is 0.300. The van der Waals surface area contributed by atoms with Gasteiger partial charge in [-0.05, 0) is 30.3 Å². The van der Waals surface area contributed by atoms with Gasteiger partial charge in [-0.1, -0.05) is 23.7 Å². The quantitative estimate of drug-likeness (QED) is 0.711. The summed E-state index contributed by atoms with van der Waals surface area (Å²) in [4.78, 5) is 13.7. The molecule has 0 saturated carbocycles. The van der Waals surface area contributed by atoms with Crippen LogP contribution in [-0.2, 0) is 4.74 Å². The highest BCUT2D eigenvalue weighted by Crippen LogP contribution is 2.35. The van der Waals surface area contributed by atoms with E-state index in [4.69, 9.17) is 21.3 Å². The molecule has 7 nitrogen and oxygen atoms in total. The Hall–Kier alpha value is -2.68. The van der Waals surface area contributed by atoms with Crippen LogP contribution in [0.2, 0.25) is 5.02 Å². The molecule has 1 N–H and O–H groups in total. The lowest BCUT2D eigenvalue weighted by molar-refractivity contribution is 0.147. The number of halogens is 2. The molecule has 3 heterocycles. The van der Waals surface area contributed by atoms with Gasteiger partial charge in [0.05, 0.1) is 31.0 Å². The first-order chi connectivity index (χ1) is 14.2. The van der Waals surface area contributed by atoms with E-state index in [1.165, 1.54) is 6.07 Å². The van der Waals surface area contributed by atoms with E-state index in [0.29, 0.717) is 36.5 Å². The summed E-state index contributed by atoms with van der Waals surface area (Å²) < 4.78 is 22.0. The summed E-state index contributed by atoms with van der Waals surface area (Å²) in [7, 11) is 1.69. The predicted molar refractivity (Wildman–Crippen MR) is 111 cm³/mol. The number of para-hydroxylation sites is 2. The Labute approximate surface area is 172 Å². The average molecular weight is 415 g/mol. The number of methoxy groups -OCH3 is 1. The lowest BCUT2D eigenvalue weighted by Crippen LogP contribution is -2.57. The van der Waals surface area contributed by atoms with Crippen molar-refractivity contribution in [3.63, 3.8) is 0 Å². The molecule has 3 aromatic rings. The topological polar surface area (TPSA) is 57.9 Å². The summed E-state index contributed by atoms with van der Waals surface area (Å²) in [5.41, 5.74) is 2.20. The number of nitrogens with zero attached hydrogens (tertiary/aromatic N) is 5. The Morgan fingerprint density at radius 3 is 3.00 bits per heavy atom. The van der Waals surface area contributed by atoms with Crippen LogP contribution < -0.4 is 10.2 Å². The van der Waals surface area contributed by atoms with Gasteiger partial charge in [-0.2, -0.15) is 0 Å². The van der Waals surface area contributed by atoms with Crippen LogP contribution in [0, 0.1) is 5.82 Å². The molecule has 2 aromatic carbocycles. The van der Waals surface area contributed by atoms with Crippen molar-refractivity contribution in [2.75, 3.05) is 38.5 Å². The van der Waals surface area contributed by atoms with Gasteiger partial charge in [-0.15, -0.1) is 0 Å². The van der Waals surface area contributed by atoms with Crippen LogP contribution in [-0.4, -0.2) is 54.0 Å². The molecule has 1 atom stereocenters. The van der Waals surface area contributed by atoms with Gasteiger partial charge < -0.3 is 10.1 Å². The third-order valence-corrected chi connectivity index (χ3v) is 5.46. The minimum atomic E-state index is -0.503. The Balaban J connectivity index is 1.65. The van der Waals surface area contributed by atoms with Crippen LogP contribution in [0.25, 0.3) is 11.0 Å². The largest absolute Gasteiger partial charge is 0.383 e. The SMILES string of the molecule is COCCN1CN=C2N[C@@H](c3cc(Cl)ccc3F)n3c(nc4ccccc43)N2C1. The first-order valence-corrected chi connectivity index (χ1v) is 9.75. The van der Waals surface area contributed by atoms with Crippen LogP contribution in [0.15, 0.2) is 47.5 Å². The number of guanidine groups is 1. The fourth-order valence-corrected chi connectivity index (χ4v) is 3.99. The molecule has 0 saturated heterocycles. The van der Waals surface area contributed by atoms with Crippen LogP contribution in [0.1, 0.15) is 11.7 Å². The van der Waals surface area contributed by atoms with E-state index in [0.717, 1.165) is 23.5 Å². The van der Waals surface area contributed by atoms with Crippen LogP contribution in [0.5, 0.6) is 0 Å². The number of aromatic nitrogens is 2. The monoisotopic (exact) mass is 414 g/mol. The summed E-state index contributed by atoms with van der Waals surface area (Å²) in [5.74, 6) is 1.06. The van der Waals surface area contributed by atoms with Crippen molar-refractivity contribution in [2.45, 2.75) is 6.17 Å². The van der Waals surface area contributed by atoms with Crippen LogP contribution in [0.4, 0.5) is 10.3 Å². The van der Waals surface area contributed by atoms with Crippen molar-refractivity contribution in [1.82, 2.24) is 19.8 Å². The van der Waals surface area contributed by atoms with Crippen molar-refractivity contribution in [3.05, 3.63) is 58.9 Å². The van der Waals surface area contributed by atoms with E-state index in [2.05, 4.69) is 15.2 Å². The Bertz CT molecular complexity index is 1100. The highest BCUT2D eigenvalue weighted by molar-refractivity contribution is 6.30. The van der Waals surface area contributed by atoms with E-state index in [9.17, 15) is 4.39 Å². The average Bonchev–Trinajstić information content (AvgIpc) is 3.13. The molecule has 2 aliphatic rings. The molecule has 0 unspecified atom stereocenters. The normalized spacial score (nSPS) is 18.9. The maximum Gasteiger partial charge on any atom is 0.216 e. The van der Waals surface area contributed by atoms with Gasteiger partial charge in [0, 0.05) is 24.2 Å². The van der Waals surface area contributed by atoms with Gasteiger partial charge in [-0.25, -0.2) is 14.4 Å². The Kier molecular flexibility index (Phi) is 4.61. The zero-order valence-corrected chi connectivity index (χ0v) is 16.6. The molecular weight excluding hydrogens is 395 g/mol. The summed E-state index contributed by atoms with van der Waals surface area (Å²) in [6, 6.07) is 12.4. The van der Waals surface area contributed by atoms with Crippen molar-refractivity contribution in [2.24, 2.45) is 4.99 Å². The summed E-state index contributed by atoms with van der Waals surface area (Å²) in [6.45, 7) is 2.53. The maximum atomic E-state index is 14.8. The van der Waals surface area contributed by atoms with Gasteiger partial charge >= 0.3 is 0 Å². The van der Waals surface area contributed by atoms with Crippen molar-refractivity contribution in [3.8, 4) is 0 Å². The second kappa shape index (κ2) is 7.29. The summed E-state index contributed by atoms with van der Waals surface area (Å²) in [6.07, 6.45) is -0.503. The number of hydrogen-bond acceptors (Lipinski definition) is 6. The summed E-state index contributed by atoms with van der Waals surface area (Å²) >= 11 is 6.18. The fourth-order valence-electron chi connectivity index (χ4n) is 3.81.